The molecule has 1 saturated heterocycles. The Bertz CT molecular complexity index is 544. The average Bonchev–Trinajstić information content (AvgIpc) is 2.65. The summed E-state index contributed by atoms with van der Waals surface area (Å²) in [4.78, 5) is 37.3. The lowest BCUT2D eigenvalue weighted by Gasteiger charge is -2.30. The number of hydrogen-bond acceptors (Lipinski definition) is 3. The lowest BCUT2D eigenvalue weighted by atomic mass is 9.99. The fourth-order valence-electron chi connectivity index (χ4n) is 2.17. The van der Waals surface area contributed by atoms with E-state index in [9.17, 15) is 14.4 Å². The average molecular weight is 275 g/mol. The van der Waals surface area contributed by atoms with Crippen molar-refractivity contribution < 1.29 is 14.4 Å². The van der Waals surface area contributed by atoms with Crippen LogP contribution in [0, 0.1) is 0 Å². The summed E-state index contributed by atoms with van der Waals surface area (Å²) in [6, 6.07) is 8.68. The van der Waals surface area contributed by atoms with Gasteiger partial charge in [-0.3, -0.25) is 19.8 Å². The fourth-order valence-corrected chi connectivity index (χ4v) is 2.17. The second kappa shape index (κ2) is 5.32. The number of hydrogen-bond donors (Lipinski definition) is 2. The third kappa shape index (κ3) is 2.24. The predicted molar refractivity (Wildman–Crippen MR) is 72.6 cm³/mol. The summed E-state index contributed by atoms with van der Waals surface area (Å²) in [5.74, 6) is -1.07. The minimum Gasteiger partial charge on any atom is -0.354 e. The molecule has 6 nitrogen and oxygen atoms in total. The van der Waals surface area contributed by atoms with E-state index in [2.05, 4.69) is 10.6 Å². The number of imide groups is 1. The Morgan fingerprint density at radius 1 is 1.30 bits per heavy atom. The molecule has 0 aromatic heterocycles. The lowest BCUT2D eigenvalue weighted by Crippen LogP contribution is -2.57. The first-order valence-corrected chi connectivity index (χ1v) is 6.45. The van der Waals surface area contributed by atoms with Gasteiger partial charge in [0.15, 0.2) is 5.54 Å². The van der Waals surface area contributed by atoms with Gasteiger partial charge in [0.05, 0.1) is 0 Å². The van der Waals surface area contributed by atoms with E-state index >= 15 is 0 Å². The van der Waals surface area contributed by atoms with E-state index in [1.54, 1.807) is 6.92 Å². The highest BCUT2D eigenvalue weighted by atomic mass is 16.2. The first-order chi connectivity index (χ1) is 9.50. The fraction of sp³-hybridized carbons (Fsp3) is 0.357. The van der Waals surface area contributed by atoms with Crippen molar-refractivity contribution in [3.8, 4) is 0 Å². The molecule has 20 heavy (non-hydrogen) atoms. The van der Waals surface area contributed by atoms with E-state index in [0.717, 1.165) is 5.56 Å². The Hall–Kier alpha value is -2.37. The molecule has 2 N–H and O–H groups in total. The summed E-state index contributed by atoms with van der Waals surface area (Å²) in [7, 11) is 0. The van der Waals surface area contributed by atoms with Gasteiger partial charge in [-0.2, -0.15) is 0 Å². The van der Waals surface area contributed by atoms with Gasteiger partial charge in [-0.15, -0.1) is 0 Å². The van der Waals surface area contributed by atoms with Gasteiger partial charge in [0.25, 0.3) is 11.8 Å². The molecule has 1 aromatic rings. The van der Waals surface area contributed by atoms with Crippen LogP contribution in [0.2, 0.25) is 0 Å². The van der Waals surface area contributed by atoms with E-state index < -0.39 is 23.4 Å². The van der Waals surface area contributed by atoms with E-state index in [1.165, 1.54) is 11.8 Å². The maximum absolute atomic E-state index is 12.2. The Morgan fingerprint density at radius 2 is 1.95 bits per heavy atom. The predicted octanol–water partition coefficient (Wildman–Crippen LogP) is 0.633. The zero-order valence-electron chi connectivity index (χ0n) is 11.5. The topological polar surface area (TPSA) is 78.5 Å². The number of benzene rings is 1. The minimum atomic E-state index is -1.51. The van der Waals surface area contributed by atoms with Crippen LogP contribution in [0.1, 0.15) is 19.4 Å². The molecule has 1 atom stereocenters. The molecule has 1 unspecified atom stereocenters. The highest BCUT2D eigenvalue weighted by Crippen LogP contribution is 2.24. The molecule has 2 rings (SSSR count). The zero-order chi connectivity index (χ0) is 14.8. The van der Waals surface area contributed by atoms with Crippen LogP contribution in [0.4, 0.5) is 4.79 Å². The van der Waals surface area contributed by atoms with Crippen LogP contribution in [0.25, 0.3) is 0 Å². The number of nitrogens with zero attached hydrogens (tertiary/aromatic N) is 1. The summed E-state index contributed by atoms with van der Waals surface area (Å²) >= 11 is 0. The summed E-state index contributed by atoms with van der Waals surface area (Å²) in [6.07, 6.45) is 0. The van der Waals surface area contributed by atoms with E-state index in [0.29, 0.717) is 6.54 Å². The molecule has 1 aliphatic heterocycles. The molecule has 0 bridgehead atoms. The van der Waals surface area contributed by atoms with Gasteiger partial charge in [-0.05, 0) is 19.4 Å². The number of amides is 4. The van der Waals surface area contributed by atoms with Crippen molar-refractivity contribution in [2.45, 2.75) is 25.9 Å². The van der Waals surface area contributed by atoms with Crippen molar-refractivity contribution in [1.82, 2.24) is 15.5 Å². The summed E-state index contributed by atoms with van der Waals surface area (Å²) < 4.78 is 0. The molecular formula is C14H17N3O3. The molecular weight excluding hydrogens is 258 g/mol. The summed E-state index contributed by atoms with van der Waals surface area (Å²) in [5.41, 5.74) is -0.656. The molecule has 6 heteroatoms. The van der Waals surface area contributed by atoms with Crippen LogP contribution in [0.5, 0.6) is 0 Å². The molecule has 4 amide bonds. The molecule has 1 heterocycles. The largest absolute Gasteiger partial charge is 0.354 e. The highest BCUT2D eigenvalue weighted by molar-refractivity contribution is 6.19. The first kappa shape index (κ1) is 14.0. The van der Waals surface area contributed by atoms with Gasteiger partial charge in [0.2, 0.25) is 0 Å². The van der Waals surface area contributed by atoms with Crippen molar-refractivity contribution in [2.24, 2.45) is 0 Å². The van der Waals surface area contributed by atoms with Crippen molar-refractivity contribution in [3.05, 3.63) is 35.9 Å². The molecule has 0 saturated carbocycles. The SMILES string of the molecule is CCNC(=O)C1(C)C(=O)NC(=O)N1Cc1ccccc1. The Balaban J connectivity index is 2.30. The minimum absolute atomic E-state index is 0.200. The van der Waals surface area contributed by atoms with Gasteiger partial charge in [0.1, 0.15) is 0 Å². The number of carbonyl (C=O) groups is 3. The third-order valence-corrected chi connectivity index (χ3v) is 3.41. The Labute approximate surface area is 117 Å². The van der Waals surface area contributed by atoms with Crippen LogP contribution in [-0.4, -0.2) is 34.8 Å². The standard InChI is InChI=1S/C14H17N3O3/c1-3-15-11(18)14(2)12(19)16-13(20)17(14)9-10-7-5-4-6-8-10/h4-8H,3,9H2,1-2H3,(H,15,18)(H,16,19,20). The van der Waals surface area contributed by atoms with Crippen LogP contribution < -0.4 is 10.6 Å². The Morgan fingerprint density at radius 3 is 2.55 bits per heavy atom. The quantitative estimate of drug-likeness (QED) is 0.625. The van der Waals surface area contributed by atoms with Crippen molar-refractivity contribution in [3.63, 3.8) is 0 Å². The van der Waals surface area contributed by atoms with Gasteiger partial charge >= 0.3 is 6.03 Å². The third-order valence-electron chi connectivity index (χ3n) is 3.41. The second-order valence-electron chi connectivity index (χ2n) is 4.76. The van der Waals surface area contributed by atoms with Crippen molar-refractivity contribution in [2.75, 3.05) is 6.54 Å². The smallest absolute Gasteiger partial charge is 0.325 e. The molecule has 0 radical (unpaired) electrons. The van der Waals surface area contributed by atoms with Crippen LogP contribution in [-0.2, 0) is 16.1 Å². The zero-order valence-corrected chi connectivity index (χ0v) is 11.5. The van der Waals surface area contributed by atoms with Crippen LogP contribution in [0.3, 0.4) is 0 Å². The van der Waals surface area contributed by atoms with E-state index in [1.807, 2.05) is 30.3 Å². The number of likely N-dealkylation sites (N-methyl/N-ethyl adjacent to an activating group) is 1. The number of urea groups is 1. The number of rotatable bonds is 4. The van der Waals surface area contributed by atoms with Gasteiger partial charge in [-0.1, -0.05) is 30.3 Å². The Kier molecular flexibility index (Phi) is 3.74. The van der Waals surface area contributed by atoms with Gasteiger partial charge in [0, 0.05) is 13.1 Å². The van der Waals surface area contributed by atoms with E-state index in [-0.39, 0.29) is 6.54 Å². The summed E-state index contributed by atoms with van der Waals surface area (Å²) in [6.45, 7) is 3.82. The first-order valence-electron chi connectivity index (χ1n) is 6.45. The molecule has 1 fully saturated rings. The second-order valence-corrected chi connectivity index (χ2v) is 4.76. The molecule has 1 aliphatic rings. The summed E-state index contributed by atoms with van der Waals surface area (Å²) in [5, 5.41) is 4.81. The van der Waals surface area contributed by atoms with Crippen LogP contribution >= 0.6 is 0 Å². The number of carbonyl (C=O) groups excluding carboxylic acids is 3. The lowest BCUT2D eigenvalue weighted by molar-refractivity contribution is -0.139. The number of nitrogens with one attached hydrogen (secondary N) is 2. The van der Waals surface area contributed by atoms with Gasteiger partial charge < -0.3 is 5.32 Å². The molecule has 1 aromatic carbocycles. The van der Waals surface area contributed by atoms with Gasteiger partial charge in [-0.25, -0.2) is 4.79 Å². The van der Waals surface area contributed by atoms with Crippen molar-refractivity contribution >= 4 is 17.8 Å². The highest BCUT2D eigenvalue weighted by Gasteiger charge is 2.54. The van der Waals surface area contributed by atoms with E-state index in [4.69, 9.17) is 0 Å². The maximum Gasteiger partial charge on any atom is 0.325 e. The monoisotopic (exact) mass is 275 g/mol. The maximum atomic E-state index is 12.2. The van der Waals surface area contributed by atoms with Crippen LogP contribution in [0.15, 0.2) is 30.3 Å². The van der Waals surface area contributed by atoms with Crippen molar-refractivity contribution in [1.29, 1.82) is 0 Å². The molecule has 106 valence electrons. The normalized spacial score (nSPS) is 21.8. The molecule has 0 aliphatic carbocycles. The molecule has 0 spiro atoms.